The average Bonchev–Trinajstić information content (AvgIpc) is 3.01. The highest BCUT2D eigenvalue weighted by molar-refractivity contribution is 5.98. The molecular weight excluding hydrogens is 260 g/mol. The smallest absolute Gasteiger partial charge is 0.254 e. The van der Waals surface area contributed by atoms with E-state index in [-0.39, 0.29) is 5.91 Å². The molecule has 1 saturated carbocycles. The molecule has 1 aromatic carbocycles. The second-order valence-electron chi connectivity index (χ2n) is 6.53. The van der Waals surface area contributed by atoms with Crippen LogP contribution < -0.4 is 0 Å². The molecule has 1 amide bonds. The molecule has 0 radical (unpaired) electrons. The van der Waals surface area contributed by atoms with E-state index in [0.717, 1.165) is 28.9 Å². The molecule has 1 N–H and O–H groups in total. The fraction of sp³-hybridized carbons (Fsp3) is 0.500. The fourth-order valence-corrected chi connectivity index (χ4v) is 4.23. The van der Waals surface area contributed by atoms with Crippen LogP contribution in [-0.4, -0.2) is 28.4 Å². The predicted octanol–water partition coefficient (Wildman–Crippen LogP) is 3.96. The summed E-state index contributed by atoms with van der Waals surface area (Å²) in [6, 6.07) is 8.53. The molecule has 4 rings (SSSR count). The number of hydrogen-bond donors (Lipinski definition) is 1. The molecule has 1 aliphatic carbocycles. The van der Waals surface area contributed by atoms with Crippen LogP contribution in [0.15, 0.2) is 30.5 Å². The van der Waals surface area contributed by atoms with Crippen molar-refractivity contribution in [2.24, 2.45) is 5.92 Å². The summed E-state index contributed by atoms with van der Waals surface area (Å²) in [6.45, 7) is 0.936. The molecule has 2 aromatic rings. The lowest BCUT2D eigenvalue weighted by atomic mass is 9.78. The van der Waals surface area contributed by atoms with Crippen LogP contribution in [0.4, 0.5) is 0 Å². The number of fused-ring (bicyclic) bond motifs is 2. The molecular formula is C18H22N2O. The van der Waals surface area contributed by atoms with Crippen molar-refractivity contribution in [3.05, 3.63) is 36.0 Å². The zero-order valence-corrected chi connectivity index (χ0v) is 12.3. The topological polar surface area (TPSA) is 36.1 Å². The second-order valence-corrected chi connectivity index (χ2v) is 6.53. The average molecular weight is 282 g/mol. The molecule has 3 heteroatoms. The number of likely N-dealkylation sites (tertiary alicyclic amines) is 1. The summed E-state index contributed by atoms with van der Waals surface area (Å²) in [5, 5.41) is 1.12. The number of carbonyl (C=O) groups excluding carboxylic acids is 1. The number of hydrogen-bond acceptors (Lipinski definition) is 1. The third kappa shape index (κ3) is 2.25. The number of amides is 1. The van der Waals surface area contributed by atoms with Crippen LogP contribution >= 0.6 is 0 Å². The Morgan fingerprint density at radius 3 is 2.90 bits per heavy atom. The number of carbonyl (C=O) groups is 1. The second kappa shape index (κ2) is 5.21. The van der Waals surface area contributed by atoms with E-state index in [2.05, 4.69) is 9.88 Å². The Labute approximate surface area is 125 Å². The first-order valence-corrected chi connectivity index (χ1v) is 8.21. The van der Waals surface area contributed by atoms with E-state index in [1.165, 1.54) is 38.5 Å². The quantitative estimate of drug-likeness (QED) is 0.844. The summed E-state index contributed by atoms with van der Waals surface area (Å²) >= 11 is 0. The van der Waals surface area contributed by atoms with Gasteiger partial charge in [-0.2, -0.15) is 0 Å². The van der Waals surface area contributed by atoms with Crippen molar-refractivity contribution in [2.75, 3.05) is 6.54 Å². The van der Waals surface area contributed by atoms with Gasteiger partial charge in [-0.3, -0.25) is 4.79 Å². The highest BCUT2D eigenvalue weighted by Gasteiger charge is 2.35. The SMILES string of the molecule is O=C(c1ccc2[nH]ccc2c1)N1CCC[C@@H]2CCCC[C@@H]21. The number of piperidine rings is 1. The van der Waals surface area contributed by atoms with E-state index < -0.39 is 0 Å². The van der Waals surface area contributed by atoms with Gasteiger partial charge in [-0.05, 0) is 55.9 Å². The Hall–Kier alpha value is -1.77. The van der Waals surface area contributed by atoms with Crippen molar-refractivity contribution in [2.45, 2.75) is 44.6 Å². The minimum Gasteiger partial charge on any atom is -0.361 e. The van der Waals surface area contributed by atoms with Gasteiger partial charge in [0.2, 0.25) is 0 Å². The zero-order valence-electron chi connectivity index (χ0n) is 12.3. The Bertz CT molecular complexity index is 658. The summed E-state index contributed by atoms with van der Waals surface area (Å²) < 4.78 is 0. The Kier molecular flexibility index (Phi) is 3.21. The Morgan fingerprint density at radius 1 is 1.10 bits per heavy atom. The largest absolute Gasteiger partial charge is 0.361 e. The lowest BCUT2D eigenvalue weighted by Gasteiger charge is -2.44. The van der Waals surface area contributed by atoms with Crippen LogP contribution in [0.3, 0.4) is 0 Å². The Balaban J connectivity index is 1.63. The summed E-state index contributed by atoms with van der Waals surface area (Å²) in [5.41, 5.74) is 1.94. The first kappa shape index (κ1) is 12.9. The lowest BCUT2D eigenvalue weighted by molar-refractivity contribution is 0.0391. The van der Waals surface area contributed by atoms with Crippen molar-refractivity contribution in [3.8, 4) is 0 Å². The number of aromatic amines is 1. The maximum Gasteiger partial charge on any atom is 0.254 e. The molecule has 2 fully saturated rings. The number of nitrogens with one attached hydrogen (secondary N) is 1. The third-order valence-electron chi connectivity index (χ3n) is 5.30. The van der Waals surface area contributed by atoms with Gasteiger partial charge in [-0.1, -0.05) is 12.8 Å². The van der Waals surface area contributed by atoms with Gasteiger partial charge in [0.05, 0.1) is 0 Å². The molecule has 110 valence electrons. The summed E-state index contributed by atoms with van der Waals surface area (Å²) in [6.07, 6.45) is 9.54. The molecule has 1 saturated heterocycles. The molecule has 0 spiro atoms. The normalized spacial score (nSPS) is 25.8. The molecule has 21 heavy (non-hydrogen) atoms. The van der Waals surface area contributed by atoms with Crippen molar-refractivity contribution in [3.63, 3.8) is 0 Å². The third-order valence-corrected chi connectivity index (χ3v) is 5.30. The summed E-state index contributed by atoms with van der Waals surface area (Å²) in [4.78, 5) is 18.3. The molecule has 0 unspecified atom stereocenters. The number of benzene rings is 1. The van der Waals surface area contributed by atoms with Gasteiger partial charge in [0.1, 0.15) is 0 Å². The minimum atomic E-state index is 0.231. The molecule has 1 aliphatic heterocycles. The van der Waals surface area contributed by atoms with Crippen LogP contribution in [0.2, 0.25) is 0 Å². The monoisotopic (exact) mass is 282 g/mol. The molecule has 2 atom stereocenters. The van der Waals surface area contributed by atoms with E-state index in [4.69, 9.17) is 0 Å². The Morgan fingerprint density at radius 2 is 1.95 bits per heavy atom. The van der Waals surface area contributed by atoms with Crippen molar-refractivity contribution in [1.29, 1.82) is 0 Å². The minimum absolute atomic E-state index is 0.231. The van der Waals surface area contributed by atoms with Crippen molar-refractivity contribution >= 4 is 16.8 Å². The van der Waals surface area contributed by atoms with Crippen LogP contribution in [0, 0.1) is 5.92 Å². The maximum absolute atomic E-state index is 12.9. The molecule has 2 aliphatic rings. The van der Waals surface area contributed by atoms with Gasteiger partial charge in [-0.25, -0.2) is 0 Å². The van der Waals surface area contributed by atoms with E-state index >= 15 is 0 Å². The standard InChI is InChI=1S/C18H22N2O/c21-18(15-7-8-16-14(12-15)9-10-19-16)20-11-3-5-13-4-1-2-6-17(13)20/h7-10,12-13,17,19H,1-6,11H2/t13-,17-/m0/s1. The molecule has 3 nitrogen and oxygen atoms in total. The number of H-pyrrole nitrogens is 1. The van der Waals surface area contributed by atoms with Gasteiger partial charge in [0.25, 0.3) is 5.91 Å². The summed E-state index contributed by atoms with van der Waals surface area (Å²) in [7, 11) is 0. The van der Waals surface area contributed by atoms with Crippen molar-refractivity contribution < 1.29 is 4.79 Å². The van der Waals surface area contributed by atoms with Gasteiger partial charge in [0, 0.05) is 35.2 Å². The molecule has 2 heterocycles. The van der Waals surface area contributed by atoms with Crippen LogP contribution in [0.25, 0.3) is 10.9 Å². The highest BCUT2D eigenvalue weighted by Crippen LogP contribution is 2.36. The maximum atomic E-state index is 12.9. The summed E-state index contributed by atoms with van der Waals surface area (Å²) in [5.74, 6) is 0.974. The highest BCUT2D eigenvalue weighted by atomic mass is 16.2. The van der Waals surface area contributed by atoms with E-state index in [1.807, 2.05) is 30.5 Å². The molecule has 1 aromatic heterocycles. The van der Waals surface area contributed by atoms with Gasteiger partial charge in [-0.15, -0.1) is 0 Å². The van der Waals surface area contributed by atoms with Crippen molar-refractivity contribution in [1.82, 2.24) is 9.88 Å². The number of nitrogens with zero attached hydrogens (tertiary/aromatic N) is 1. The van der Waals surface area contributed by atoms with Gasteiger partial charge >= 0.3 is 0 Å². The van der Waals surface area contributed by atoms with Gasteiger partial charge in [0.15, 0.2) is 0 Å². The first-order valence-electron chi connectivity index (χ1n) is 8.21. The van der Waals surface area contributed by atoms with Crippen LogP contribution in [-0.2, 0) is 0 Å². The predicted molar refractivity (Wildman–Crippen MR) is 84.3 cm³/mol. The molecule has 0 bridgehead atoms. The van der Waals surface area contributed by atoms with Crippen LogP contribution in [0.5, 0.6) is 0 Å². The van der Waals surface area contributed by atoms with E-state index in [0.29, 0.717) is 6.04 Å². The van der Waals surface area contributed by atoms with E-state index in [1.54, 1.807) is 0 Å². The van der Waals surface area contributed by atoms with Crippen LogP contribution in [0.1, 0.15) is 48.9 Å². The van der Waals surface area contributed by atoms with Gasteiger partial charge < -0.3 is 9.88 Å². The lowest BCUT2D eigenvalue weighted by Crippen LogP contribution is -2.49. The van der Waals surface area contributed by atoms with E-state index in [9.17, 15) is 4.79 Å². The number of rotatable bonds is 1. The first-order chi connectivity index (χ1) is 10.3. The zero-order chi connectivity index (χ0) is 14.2. The number of aromatic nitrogens is 1. The fourth-order valence-electron chi connectivity index (χ4n) is 4.23.